The molecule has 1 fully saturated rings. The fourth-order valence-electron chi connectivity index (χ4n) is 7.97. The number of aliphatic imine (C=N–C) groups is 1. The molecule has 0 aliphatic carbocycles. The summed E-state index contributed by atoms with van der Waals surface area (Å²) in [5, 5.41) is 0.514. The maximum Gasteiger partial charge on any atom is 0.412 e. The molecule has 3 aromatic carbocycles. The number of alkyl halides is 1. The summed E-state index contributed by atoms with van der Waals surface area (Å²) in [6.07, 6.45) is -0.0536. The van der Waals surface area contributed by atoms with Crippen LogP contribution in [0.2, 0.25) is 0 Å². The molecule has 9 rings (SSSR count). The number of carbonyl (C=O) groups is 2. The van der Waals surface area contributed by atoms with Crippen LogP contribution in [0.3, 0.4) is 0 Å². The molecule has 2 amide bonds. The van der Waals surface area contributed by atoms with Crippen LogP contribution in [-0.4, -0.2) is 57.0 Å². The Morgan fingerprint density at radius 1 is 1.02 bits per heavy atom. The van der Waals surface area contributed by atoms with Gasteiger partial charge in [0.05, 0.1) is 22.9 Å². The van der Waals surface area contributed by atoms with Gasteiger partial charge in [-0.15, -0.1) is 11.6 Å². The van der Waals surface area contributed by atoms with E-state index in [0.717, 1.165) is 16.8 Å². The Morgan fingerprint density at radius 3 is 2.59 bits per heavy atom. The van der Waals surface area contributed by atoms with Gasteiger partial charge >= 0.3 is 6.09 Å². The highest BCUT2D eigenvalue weighted by molar-refractivity contribution is 6.17. The fraction of sp³-hybridized carbons (Fsp3) is 0.343. The molecule has 5 aliphatic heterocycles. The predicted octanol–water partition coefficient (Wildman–Crippen LogP) is 5.48. The molecule has 11 heteroatoms. The lowest BCUT2D eigenvalue weighted by Gasteiger charge is -2.51. The standard InChI is InChI=1S/C35H32ClN5O5/c1-2-45-30-27-19-35(28(38-30)29-37-24-15-8-6-13-22(24)31(42)39(27)29)23-14-7-9-16-25(23)40-32(43)26(17-10-18-36)41(33(35)40)34(44)46-20-21-11-4-3-5-12-21/h3-9,11-16,26-28,33H,2,10,17-20H2,1H3/t26-,27+,28-,33-,35-/m0/s1. The third kappa shape index (κ3) is 3.98. The zero-order chi connectivity index (χ0) is 31.6. The first kappa shape index (κ1) is 28.8. The summed E-state index contributed by atoms with van der Waals surface area (Å²) in [7, 11) is 0. The van der Waals surface area contributed by atoms with Crippen molar-refractivity contribution in [2.45, 2.75) is 62.5 Å². The van der Waals surface area contributed by atoms with Crippen molar-refractivity contribution in [1.29, 1.82) is 0 Å². The Morgan fingerprint density at radius 2 is 1.78 bits per heavy atom. The monoisotopic (exact) mass is 637 g/mol. The van der Waals surface area contributed by atoms with E-state index in [1.165, 1.54) is 0 Å². The van der Waals surface area contributed by atoms with Crippen molar-refractivity contribution in [2.24, 2.45) is 4.99 Å². The molecular formula is C35H32ClN5O5. The molecule has 234 valence electrons. The van der Waals surface area contributed by atoms with Crippen molar-refractivity contribution >= 4 is 46.1 Å². The van der Waals surface area contributed by atoms with Crippen molar-refractivity contribution in [3.8, 4) is 0 Å². The molecule has 1 spiro atoms. The minimum absolute atomic E-state index is 0.0593. The molecule has 1 saturated heterocycles. The van der Waals surface area contributed by atoms with Gasteiger partial charge in [0, 0.05) is 11.6 Å². The van der Waals surface area contributed by atoms with Crippen molar-refractivity contribution in [2.75, 3.05) is 17.4 Å². The van der Waals surface area contributed by atoms with E-state index in [0.29, 0.717) is 54.4 Å². The molecule has 5 atom stereocenters. The second-order valence-corrected chi connectivity index (χ2v) is 12.5. The van der Waals surface area contributed by atoms with Crippen LogP contribution in [0, 0.1) is 0 Å². The minimum atomic E-state index is -0.930. The smallest absolute Gasteiger partial charge is 0.412 e. The topological polar surface area (TPSA) is 106 Å². The molecule has 0 N–H and O–H groups in total. The van der Waals surface area contributed by atoms with Crippen LogP contribution in [0.25, 0.3) is 10.9 Å². The fourth-order valence-corrected chi connectivity index (χ4v) is 8.13. The number of benzene rings is 3. The summed E-state index contributed by atoms with van der Waals surface area (Å²) in [6.45, 7) is 2.32. The molecule has 1 aromatic heterocycles. The Balaban J connectivity index is 1.33. The average Bonchev–Trinajstić information content (AvgIpc) is 3.53. The molecule has 0 unspecified atom stereocenters. The van der Waals surface area contributed by atoms with Crippen LogP contribution >= 0.6 is 11.6 Å². The van der Waals surface area contributed by atoms with Gasteiger partial charge in [0.15, 0.2) is 0 Å². The largest absolute Gasteiger partial charge is 0.480 e. The highest BCUT2D eigenvalue weighted by Crippen LogP contribution is 2.63. The number of halogens is 1. The van der Waals surface area contributed by atoms with Crippen LogP contribution in [0.15, 0.2) is 88.6 Å². The highest BCUT2D eigenvalue weighted by Gasteiger charge is 2.70. The number of rotatable bonds is 6. The summed E-state index contributed by atoms with van der Waals surface area (Å²) in [4.78, 5) is 56.3. The molecule has 5 aliphatic rings. The summed E-state index contributed by atoms with van der Waals surface area (Å²) < 4.78 is 13.7. The maximum absolute atomic E-state index is 14.4. The van der Waals surface area contributed by atoms with E-state index in [1.54, 1.807) is 20.4 Å². The van der Waals surface area contributed by atoms with E-state index in [1.807, 2.05) is 79.7 Å². The molecule has 2 bridgehead atoms. The number of hydrogen-bond donors (Lipinski definition) is 0. The third-order valence-corrected chi connectivity index (χ3v) is 10.0. The average molecular weight is 638 g/mol. The molecule has 6 heterocycles. The van der Waals surface area contributed by atoms with Crippen LogP contribution < -0.4 is 10.5 Å². The SMILES string of the molecule is CCOC1=N[C@H]2c3nc4ccccc4c(=O)n3[C@@H]1C[C@]21c2ccccc2N2C(=O)[C@H](CCCCl)N(C(=O)OCc3ccccc3)[C@H]21. The van der Waals surface area contributed by atoms with E-state index >= 15 is 0 Å². The van der Waals surface area contributed by atoms with Crippen molar-refractivity contribution in [3.05, 3.63) is 106 Å². The van der Waals surface area contributed by atoms with E-state index in [2.05, 4.69) is 0 Å². The van der Waals surface area contributed by atoms with Crippen molar-refractivity contribution in [3.63, 3.8) is 0 Å². The summed E-state index contributed by atoms with van der Waals surface area (Å²) in [6, 6.07) is 22.4. The van der Waals surface area contributed by atoms with Crippen LogP contribution in [-0.2, 0) is 26.3 Å². The Labute approximate surface area is 270 Å². The van der Waals surface area contributed by atoms with Crippen LogP contribution in [0.5, 0.6) is 0 Å². The van der Waals surface area contributed by atoms with Gasteiger partial charge < -0.3 is 9.47 Å². The van der Waals surface area contributed by atoms with Crippen molar-refractivity contribution in [1.82, 2.24) is 14.5 Å². The van der Waals surface area contributed by atoms with E-state index in [4.69, 9.17) is 31.1 Å². The zero-order valence-corrected chi connectivity index (χ0v) is 26.0. The van der Waals surface area contributed by atoms with Gasteiger partial charge in [0.2, 0.25) is 5.90 Å². The third-order valence-electron chi connectivity index (χ3n) is 9.76. The highest BCUT2D eigenvalue weighted by atomic mass is 35.5. The zero-order valence-electron chi connectivity index (χ0n) is 25.2. The summed E-state index contributed by atoms with van der Waals surface area (Å²) >= 11 is 6.12. The second kappa shape index (κ2) is 11.0. The number of nitrogens with zero attached hydrogens (tertiary/aromatic N) is 5. The van der Waals surface area contributed by atoms with Gasteiger partial charge in [-0.25, -0.2) is 14.8 Å². The van der Waals surface area contributed by atoms with Crippen LogP contribution in [0.4, 0.5) is 10.5 Å². The van der Waals surface area contributed by atoms with Crippen molar-refractivity contribution < 1.29 is 19.1 Å². The van der Waals surface area contributed by atoms with Gasteiger partial charge in [0.1, 0.15) is 36.7 Å². The lowest BCUT2D eigenvalue weighted by Crippen LogP contribution is -2.61. The van der Waals surface area contributed by atoms with Gasteiger partial charge in [-0.05, 0) is 55.5 Å². The summed E-state index contributed by atoms with van der Waals surface area (Å²) in [5.41, 5.74) is 1.92. The molecule has 0 radical (unpaired) electrons. The lowest BCUT2D eigenvalue weighted by molar-refractivity contribution is -0.119. The second-order valence-electron chi connectivity index (χ2n) is 12.1. The molecular weight excluding hydrogens is 606 g/mol. The van der Waals surface area contributed by atoms with E-state index in [9.17, 15) is 14.4 Å². The number of ether oxygens (including phenoxy) is 2. The maximum atomic E-state index is 14.4. The number of para-hydroxylation sites is 2. The number of anilines is 1. The van der Waals surface area contributed by atoms with Gasteiger partial charge in [-0.2, -0.15) is 0 Å². The Bertz CT molecular complexity index is 1960. The quantitative estimate of drug-likeness (QED) is 0.259. The first-order valence-electron chi connectivity index (χ1n) is 15.7. The molecule has 10 nitrogen and oxygen atoms in total. The number of hydrogen-bond acceptors (Lipinski definition) is 7. The number of fused-ring (bicyclic) bond motifs is 4. The normalized spacial score (nSPS) is 25.4. The number of aromatic nitrogens is 2. The van der Waals surface area contributed by atoms with E-state index < -0.39 is 35.8 Å². The van der Waals surface area contributed by atoms with E-state index in [-0.39, 0.29) is 18.1 Å². The lowest BCUT2D eigenvalue weighted by atomic mass is 9.65. The predicted molar refractivity (Wildman–Crippen MR) is 173 cm³/mol. The molecule has 46 heavy (non-hydrogen) atoms. The van der Waals surface area contributed by atoms with Gasteiger partial charge in [-0.3, -0.25) is 24.0 Å². The first-order valence-corrected chi connectivity index (χ1v) is 16.2. The molecule has 0 saturated carbocycles. The first-order chi connectivity index (χ1) is 22.5. The number of carbonyl (C=O) groups excluding carboxylic acids is 2. The van der Waals surface area contributed by atoms with Gasteiger partial charge in [0.25, 0.3) is 11.5 Å². The molecule has 4 aromatic rings. The Kier molecular flexibility index (Phi) is 6.86. The summed E-state index contributed by atoms with van der Waals surface area (Å²) in [5.74, 6) is 1.12. The van der Waals surface area contributed by atoms with Gasteiger partial charge in [-0.1, -0.05) is 60.7 Å². The minimum Gasteiger partial charge on any atom is -0.480 e. The van der Waals surface area contributed by atoms with Crippen LogP contribution in [0.1, 0.15) is 55.2 Å². The number of amides is 2. The Hall–Kier alpha value is -4.70.